The molecule has 5 heteroatoms. The molecule has 0 spiro atoms. The van der Waals surface area contributed by atoms with Crippen molar-refractivity contribution in [1.82, 2.24) is 5.32 Å². The Bertz CT molecular complexity index is 1250. The zero-order valence-electron chi connectivity index (χ0n) is 20.8. The number of carbonyl (C=O) groups excluding carboxylic acids is 1. The van der Waals surface area contributed by atoms with Crippen LogP contribution in [0.2, 0.25) is 0 Å². The van der Waals surface area contributed by atoms with Gasteiger partial charge in [-0.25, -0.2) is 0 Å². The van der Waals surface area contributed by atoms with Crippen LogP contribution in [-0.4, -0.2) is 31.6 Å². The second-order valence-electron chi connectivity index (χ2n) is 9.40. The van der Waals surface area contributed by atoms with Crippen LogP contribution >= 0.6 is 0 Å². The fourth-order valence-corrected chi connectivity index (χ4v) is 4.97. The number of nitriles is 1. The minimum absolute atomic E-state index is 0.440. The van der Waals surface area contributed by atoms with Gasteiger partial charge in [0.15, 0.2) is 0 Å². The van der Waals surface area contributed by atoms with E-state index in [9.17, 15) is 4.79 Å². The standard InChI is InChI=1S/C30H32N4O/c1-21-6-5-7-29(26-10-8-25(16-31)9-11-26)30(21)22(2)17-34(20-35)28-14-12-27(13-15-28)33-18-23(3)32-24(4)19-33/h5-15,17,20,23-24,32H,18-19H2,1-4H3/b22-17-. The van der Waals surface area contributed by atoms with Crippen LogP contribution in [-0.2, 0) is 4.79 Å². The lowest BCUT2D eigenvalue weighted by Gasteiger charge is -2.37. The molecule has 3 aromatic rings. The highest BCUT2D eigenvalue weighted by Gasteiger charge is 2.21. The quantitative estimate of drug-likeness (QED) is 0.472. The van der Waals surface area contributed by atoms with E-state index < -0.39 is 0 Å². The topological polar surface area (TPSA) is 59.4 Å². The largest absolute Gasteiger partial charge is 0.368 e. The van der Waals surface area contributed by atoms with Gasteiger partial charge in [-0.1, -0.05) is 30.3 Å². The van der Waals surface area contributed by atoms with E-state index in [1.165, 1.54) is 5.69 Å². The molecule has 1 amide bonds. The Kier molecular flexibility index (Phi) is 7.33. The summed E-state index contributed by atoms with van der Waals surface area (Å²) in [5.41, 5.74) is 7.95. The van der Waals surface area contributed by atoms with Crippen molar-refractivity contribution in [2.45, 2.75) is 39.8 Å². The van der Waals surface area contributed by atoms with Crippen LogP contribution in [0.3, 0.4) is 0 Å². The minimum atomic E-state index is 0.440. The predicted octanol–water partition coefficient (Wildman–Crippen LogP) is 5.74. The Labute approximate surface area is 208 Å². The van der Waals surface area contributed by atoms with Crippen LogP contribution < -0.4 is 15.1 Å². The first-order chi connectivity index (χ1) is 16.9. The van der Waals surface area contributed by atoms with Crippen molar-refractivity contribution in [3.63, 3.8) is 0 Å². The van der Waals surface area contributed by atoms with E-state index in [0.29, 0.717) is 17.6 Å². The van der Waals surface area contributed by atoms with Crippen molar-refractivity contribution in [1.29, 1.82) is 5.26 Å². The molecule has 0 bridgehead atoms. The van der Waals surface area contributed by atoms with Gasteiger partial charge in [0.05, 0.1) is 11.6 Å². The fourth-order valence-electron chi connectivity index (χ4n) is 4.97. The monoisotopic (exact) mass is 464 g/mol. The van der Waals surface area contributed by atoms with E-state index in [-0.39, 0.29) is 0 Å². The van der Waals surface area contributed by atoms with E-state index >= 15 is 0 Å². The number of hydrogen-bond donors (Lipinski definition) is 1. The lowest BCUT2D eigenvalue weighted by atomic mass is 9.91. The van der Waals surface area contributed by atoms with Crippen molar-refractivity contribution >= 4 is 23.4 Å². The number of rotatable bonds is 6. The Hall–Kier alpha value is -3.88. The number of carbonyl (C=O) groups is 1. The van der Waals surface area contributed by atoms with Gasteiger partial charge in [-0.15, -0.1) is 0 Å². The van der Waals surface area contributed by atoms with Crippen molar-refractivity contribution in [2.24, 2.45) is 0 Å². The molecule has 0 aromatic heterocycles. The number of allylic oxidation sites excluding steroid dienone is 1. The van der Waals surface area contributed by atoms with Crippen molar-refractivity contribution < 1.29 is 4.79 Å². The number of piperazine rings is 1. The molecule has 0 aliphatic carbocycles. The molecule has 0 saturated carbocycles. The predicted molar refractivity (Wildman–Crippen MR) is 144 cm³/mol. The maximum atomic E-state index is 12.1. The summed E-state index contributed by atoms with van der Waals surface area (Å²) < 4.78 is 0. The van der Waals surface area contributed by atoms with Gasteiger partial charge in [0.1, 0.15) is 0 Å². The van der Waals surface area contributed by atoms with E-state index in [2.05, 4.69) is 61.3 Å². The second kappa shape index (κ2) is 10.6. The van der Waals surface area contributed by atoms with Crippen LogP contribution in [0.5, 0.6) is 0 Å². The summed E-state index contributed by atoms with van der Waals surface area (Å²) in [6.45, 7) is 10.4. The summed E-state index contributed by atoms with van der Waals surface area (Å²) >= 11 is 0. The number of benzene rings is 3. The van der Waals surface area contributed by atoms with Gasteiger partial charge >= 0.3 is 0 Å². The highest BCUT2D eigenvalue weighted by molar-refractivity contribution is 5.87. The first-order valence-electron chi connectivity index (χ1n) is 12.0. The molecule has 178 valence electrons. The molecule has 0 radical (unpaired) electrons. The van der Waals surface area contributed by atoms with Crippen molar-refractivity contribution in [2.75, 3.05) is 22.9 Å². The Morgan fingerprint density at radius 2 is 1.69 bits per heavy atom. The van der Waals surface area contributed by atoms with Gasteiger partial charge in [-0.2, -0.15) is 5.26 Å². The van der Waals surface area contributed by atoms with Gasteiger partial charge in [-0.3, -0.25) is 9.69 Å². The minimum Gasteiger partial charge on any atom is -0.368 e. The molecule has 35 heavy (non-hydrogen) atoms. The van der Waals surface area contributed by atoms with E-state index in [1.54, 1.807) is 4.90 Å². The molecule has 2 unspecified atom stereocenters. The molecular formula is C30H32N4O. The molecule has 1 saturated heterocycles. The molecular weight excluding hydrogens is 432 g/mol. The fraction of sp³-hybridized carbons (Fsp3) is 0.267. The van der Waals surface area contributed by atoms with Crippen LogP contribution in [0.4, 0.5) is 11.4 Å². The zero-order chi connectivity index (χ0) is 24.9. The maximum absolute atomic E-state index is 12.1. The zero-order valence-corrected chi connectivity index (χ0v) is 20.8. The van der Waals surface area contributed by atoms with Crippen molar-refractivity contribution in [3.8, 4) is 17.2 Å². The van der Waals surface area contributed by atoms with Crippen LogP contribution in [0.25, 0.3) is 16.7 Å². The molecule has 1 aliphatic rings. The Morgan fingerprint density at radius 3 is 2.29 bits per heavy atom. The average molecular weight is 465 g/mol. The lowest BCUT2D eigenvalue weighted by Crippen LogP contribution is -2.54. The molecule has 3 aromatic carbocycles. The summed E-state index contributed by atoms with van der Waals surface area (Å²) in [6, 6.07) is 25.0. The summed E-state index contributed by atoms with van der Waals surface area (Å²) in [7, 11) is 0. The average Bonchev–Trinajstić information content (AvgIpc) is 2.86. The van der Waals surface area contributed by atoms with Crippen LogP contribution in [0.1, 0.15) is 37.5 Å². The lowest BCUT2D eigenvalue weighted by molar-refractivity contribution is -0.106. The van der Waals surface area contributed by atoms with Crippen molar-refractivity contribution in [3.05, 3.63) is 89.6 Å². The van der Waals surface area contributed by atoms with Gasteiger partial charge in [0.25, 0.3) is 0 Å². The van der Waals surface area contributed by atoms with E-state index in [1.807, 2.05) is 55.6 Å². The third kappa shape index (κ3) is 5.45. The second-order valence-corrected chi connectivity index (χ2v) is 9.40. The normalized spacial score (nSPS) is 18.1. The van der Waals surface area contributed by atoms with Crippen LogP contribution in [0, 0.1) is 18.3 Å². The molecule has 1 N–H and O–H groups in total. The molecule has 5 nitrogen and oxygen atoms in total. The molecule has 1 heterocycles. The Morgan fingerprint density at radius 1 is 1.03 bits per heavy atom. The SMILES string of the molecule is C/C(=C/N(C=O)c1ccc(N2CC(C)NC(C)C2)cc1)c1c(C)cccc1-c1ccc(C#N)cc1. The van der Waals surface area contributed by atoms with Crippen LogP contribution in [0.15, 0.2) is 72.9 Å². The maximum Gasteiger partial charge on any atom is 0.218 e. The third-order valence-electron chi connectivity index (χ3n) is 6.51. The third-order valence-corrected chi connectivity index (χ3v) is 6.51. The number of nitrogens with one attached hydrogen (secondary N) is 1. The number of aryl methyl sites for hydroxylation is 1. The highest BCUT2D eigenvalue weighted by atomic mass is 16.1. The number of amides is 1. The van der Waals surface area contributed by atoms with Gasteiger partial charge < -0.3 is 10.2 Å². The summed E-state index contributed by atoms with van der Waals surface area (Å²) in [4.78, 5) is 16.1. The first kappa shape index (κ1) is 24.3. The summed E-state index contributed by atoms with van der Waals surface area (Å²) in [5.74, 6) is 0. The van der Waals surface area contributed by atoms with Gasteiger partial charge in [0, 0.05) is 42.7 Å². The smallest absolute Gasteiger partial charge is 0.218 e. The summed E-state index contributed by atoms with van der Waals surface area (Å²) in [5, 5.41) is 12.7. The van der Waals surface area contributed by atoms with Gasteiger partial charge in [-0.05, 0) is 91.9 Å². The molecule has 1 aliphatic heterocycles. The number of hydrogen-bond acceptors (Lipinski definition) is 4. The highest BCUT2D eigenvalue weighted by Crippen LogP contribution is 2.32. The first-order valence-corrected chi connectivity index (χ1v) is 12.0. The number of anilines is 2. The van der Waals surface area contributed by atoms with E-state index in [4.69, 9.17) is 5.26 Å². The Balaban J connectivity index is 1.62. The molecule has 1 fully saturated rings. The van der Waals surface area contributed by atoms with E-state index in [0.717, 1.165) is 53.0 Å². The summed E-state index contributed by atoms with van der Waals surface area (Å²) in [6.07, 6.45) is 2.75. The van der Waals surface area contributed by atoms with Gasteiger partial charge in [0.2, 0.25) is 6.41 Å². The molecule has 2 atom stereocenters. The molecule has 4 rings (SSSR count). The number of nitrogens with zero attached hydrogens (tertiary/aromatic N) is 3.